The van der Waals surface area contributed by atoms with Crippen LogP contribution in [0.4, 0.5) is 4.79 Å². The molecule has 0 aliphatic carbocycles. The van der Waals surface area contributed by atoms with Crippen molar-refractivity contribution in [2.24, 2.45) is 0 Å². The van der Waals surface area contributed by atoms with Crippen LogP contribution in [-0.4, -0.2) is 23.9 Å². The number of benzene rings is 1. The second-order valence-corrected chi connectivity index (χ2v) is 4.37. The lowest BCUT2D eigenvalue weighted by molar-refractivity contribution is -0.130. The smallest absolute Gasteiger partial charge is 0.319 e. The van der Waals surface area contributed by atoms with Crippen LogP contribution in [0, 0.1) is 0 Å². The minimum atomic E-state index is -1.02. The van der Waals surface area contributed by atoms with Gasteiger partial charge < -0.3 is 5.32 Å². The number of urea groups is 1. The SMILES string of the molecule is CN1C(=O)NC(C)(c2cccc(Cl)c2)C1=O. The highest BCUT2D eigenvalue weighted by Gasteiger charge is 2.47. The summed E-state index contributed by atoms with van der Waals surface area (Å²) in [5, 5.41) is 3.19. The van der Waals surface area contributed by atoms with Gasteiger partial charge >= 0.3 is 6.03 Å². The number of hydrogen-bond donors (Lipinski definition) is 1. The van der Waals surface area contributed by atoms with Crippen LogP contribution in [-0.2, 0) is 10.3 Å². The minimum absolute atomic E-state index is 0.278. The summed E-state index contributed by atoms with van der Waals surface area (Å²) in [6, 6.07) is 6.52. The van der Waals surface area contributed by atoms with Gasteiger partial charge in [-0.25, -0.2) is 4.79 Å². The molecule has 0 radical (unpaired) electrons. The highest BCUT2D eigenvalue weighted by atomic mass is 35.5. The third-order valence-corrected chi connectivity index (χ3v) is 3.03. The number of likely N-dealkylation sites (N-methyl/N-ethyl adjacent to an activating group) is 1. The van der Waals surface area contributed by atoms with E-state index in [9.17, 15) is 9.59 Å². The monoisotopic (exact) mass is 238 g/mol. The normalized spacial score (nSPS) is 24.8. The van der Waals surface area contributed by atoms with Crippen LogP contribution in [0.2, 0.25) is 5.02 Å². The standard InChI is InChI=1S/C11H11ClN2O2/c1-11(7-4-3-5-8(12)6-7)9(15)14(2)10(16)13-11/h3-6H,1-2H3,(H,13,16). The fourth-order valence-electron chi connectivity index (χ4n) is 1.77. The first kappa shape index (κ1) is 11.0. The van der Waals surface area contributed by atoms with Gasteiger partial charge in [-0.05, 0) is 24.6 Å². The van der Waals surface area contributed by atoms with E-state index in [0.29, 0.717) is 10.6 Å². The summed E-state index contributed by atoms with van der Waals surface area (Å²) in [5.41, 5.74) is -0.334. The molecule has 1 heterocycles. The van der Waals surface area contributed by atoms with E-state index in [0.717, 1.165) is 4.90 Å². The minimum Gasteiger partial charge on any atom is -0.319 e. The molecule has 1 unspecified atom stereocenters. The Hall–Kier alpha value is -1.55. The quantitative estimate of drug-likeness (QED) is 0.758. The highest BCUT2D eigenvalue weighted by Crippen LogP contribution is 2.29. The molecule has 0 bridgehead atoms. The molecule has 4 nitrogen and oxygen atoms in total. The largest absolute Gasteiger partial charge is 0.325 e. The van der Waals surface area contributed by atoms with E-state index in [1.54, 1.807) is 31.2 Å². The molecule has 2 rings (SSSR count). The Bertz CT molecular complexity index is 475. The van der Waals surface area contributed by atoms with Crippen molar-refractivity contribution in [3.63, 3.8) is 0 Å². The first-order chi connectivity index (χ1) is 7.45. The number of halogens is 1. The maximum Gasteiger partial charge on any atom is 0.325 e. The van der Waals surface area contributed by atoms with E-state index in [1.165, 1.54) is 7.05 Å². The maximum absolute atomic E-state index is 11.9. The van der Waals surface area contributed by atoms with Crippen molar-refractivity contribution >= 4 is 23.5 Å². The number of imide groups is 1. The van der Waals surface area contributed by atoms with Gasteiger partial charge in [0, 0.05) is 12.1 Å². The molecule has 0 spiro atoms. The number of carbonyl (C=O) groups is 2. The zero-order chi connectivity index (χ0) is 11.9. The van der Waals surface area contributed by atoms with Gasteiger partial charge in [0.15, 0.2) is 0 Å². The molecule has 1 atom stereocenters. The number of nitrogens with zero attached hydrogens (tertiary/aromatic N) is 1. The molecule has 84 valence electrons. The second-order valence-electron chi connectivity index (χ2n) is 3.93. The van der Waals surface area contributed by atoms with Crippen molar-refractivity contribution in [3.8, 4) is 0 Å². The number of carbonyl (C=O) groups excluding carboxylic acids is 2. The summed E-state index contributed by atoms with van der Waals surface area (Å²) in [6.45, 7) is 1.67. The van der Waals surface area contributed by atoms with E-state index in [2.05, 4.69) is 5.32 Å². The first-order valence-electron chi connectivity index (χ1n) is 4.81. The van der Waals surface area contributed by atoms with E-state index in [1.807, 2.05) is 0 Å². The van der Waals surface area contributed by atoms with Crippen LogP contribution in [0.3, 0.4) is 0 Å². The average molecular weight is 239 g/mol. The third-order valence-electron chi connectivity index (χ3n) is 2.80. The van der Waals surface area contributed by atoms with Gasteiger partial charge in [-0.2, -0.15) is 0 Å². The van der Waals surface area contributed by atoms with Crippen LogP contribution in [0.15, 0.2) is 24.3 Å². The van der Waals surface area contributed by atoms with Gasteiger partial charge in [-0.15, -0.1) is 0 Å². The highest BCUT2D eigenvalue weighted by molar-refractivity contribution is 6.30. The molecule has 0 saturated carbocycles. The molecule has 0 aromatic heterocycles. The van der Waals surface area contributed by atoms with Gasteiger partial charge in [-0.3, -0.25) is 9.69 Å². The lowest BCUT2D eigenvalue weighted by atomic mass is 9.92. The number of hydrogen-bond acceptors (Lipinski definition) is 2. The van der Waals surface area contributed by atoms with Gasteiger partial charge in [0.1, 0.15) is 5.54 Å². The van der Waals surface area contributed by atoms with Crippen LogP contribution in [0.1, 0.15) is 12.5 Å². The zero-order valence-corrected chi connectivity index (χ0v) is 9.71. The predicted molar refractivity (Wildman–Crippen MR) is 60.1 cm³/mol. The van der Waals surface area contributed by atoms with Crippen molar-refractivity contribution in [3.05, 3.63) is 34.9 Å². The Morgan fingerprint density at radius 3 is 2.56 bits per heavy atom. The number of rotatable bonds is 1. The van der Waals surface area contributed by atoms with Crippen molar-refractivity contribution in [2.75, 3.05) is 7.05 Å². The summed E-state index contributed by atoms with van der Waals surface area (Å²) < 4.78 is 0. The molecule has 1 aliphatic heterocycles. The molecule has 1 saturated heterocycles. The fraction of sp³-hybridized carbons (Fsp3) is 0.273. The Balaban J connectivity index is 2.48. The summed E-state index contributed by atoms with van der Waals surface area (Å²) in [4.78, 5) is 24.4. The predicted octanol–water partition coefficient (Wildman–Crippen LogP) is 1.74. The molecule has 16 heavy (non-hydrogen) atoms. The van der Waals surface area contributed by atoms with Crippen molar-refractivity contribution < 1.29 is 9.59 Å². The summed E-state index contributed by atoms with van der Waals surface area (Å²) in [6.07, 6.45) is 0. The molecular formula is C11H11ClN2O2. The van der Waals surface area contributed by atoms with Gasteiger partial charge in [0.2, 0.25) is 0 Å². The summed E-state index contributed by atoms with van der Waals surface area (Å²) in [7, 11) is 1.45. The Morgan fingerprint density at radius 1 is 1.38 bits per heavy atom. The van der Waals surface area contributed by atoms with Crippen LogP contribution < -0.4 is 5.32 Å². The van der Waals surface area contributed by atoms with E-state index < -0.39 is 11.6 Å². The second kappa shape index (κ2) is 3.49. The van der Waals surface area contributed by atoms with Crippen molar-refractivity contribution in [1.82, 2.24) is 10.2 Å². The van der Waals surface area contributed by atoms with Crippen LogP contribution >= 0.6 is 11.6 Å². The number of amides is 3. The van der Waals surface area contributed by atoms with E-state index in [4.69, 9.17) is 11.6 Å². The summed E-state index contributed by atoms with van der Waals surface area (Å²) >= 11 is 5.87. The van der Waals surface area contributed by atoms with Crippen molar-refractivity contribution in [1.29, 1.82) is 0 Å². The molecule has 1 fully saturated rings. The molecule has 3 amide bonds. The number of nitrogens with one attached hydrogen (secondary N) is 1. The van der Waals surface area contributed by atoms with Gasteiger partial charge in [-0.1, -0.05) is 23.7 Å². The zero-order valence-electron chi connectivity index (χ0n) is 8.95. The molecule has 5 heteroatoms. The van der Waals surface area contributed by atoms with Crippen molar-refractivity contribution in [2.45, 2.75) is 12.5 Å². The average Bonchev–Trinajstić information content (AvgIpc) is 2.44. The molecular weight excluding hydrogens is 228 g/mol. The first-order valence-corrected chi connectivity index (χ1v) is 5.19. The third kappa shape index (κ3) is 1.46. The molecule has 1 aliphatic rings. The topological polar surface area (TPSA) is 49.4 Å². The molecule has 1 aromatic carbocycles. The van der Waals surface area contributed by atoms with Crippen LogP contribution in [0.5, 0.6) is 0 Å². The molecule has 1 aromatic rings. The summed E-state index contributed by atoms with van der Waals surface area (Å²) in [5.74, 6) is -0.278. The molecule has 1 N–H and O–H groups in total. The Labute approximate surface area is 98.2 Å². The Morgan fingerprint density at radius 2 is 2.06 bits per heavy atom. The van der Waals surface area contributed by atoms with E-state index in [-0.39, 0.29) is 5.91 Å². The maximum atomic E-state index is 11.9. The lowest BCUT2D eigenvalue weighted by Crippen LogP contribution is -2.40. The van der Waals surface area contributed by atoms with Gasteiger partial charge in [0.05, 0.1) is 0 Å². The lowest BCUT2D eigenvalue weighted by Gasteiger charge is -2.21. The van der Waals surface area contributed by atoms with E-state index >= 15 is 0 Å². The Kier molecular flexibility index (Phi) is 2.39. The van der Waals surface area contributed by atoms with Crippen LogP contribution in [0.25, 0.3) is 0 Å². The van der Waals surface area contributed by atoms with Gasteiger partial charge in [0.25, 0.3) is 5.91 Å². The fourth-order valence-corrected chi connectivity index (χ4v) is 1.96.